The smallest absolute Gasteiger partial charge is 0.240 e. The van der Waals surface area contributed by atoms with Gasteiger partial charge in [-0.2, -0.15) is 5.10 Å². The molecule has 0 atom stereocenters. The number of hydrogen-bond donors (Lipinski definition) is 1. The molecule has 0 saturated heterocycles. The zero-order chi connectivity index (χ0) is 19.2. The van der Waals surface area contributed by atoms with Gasteiger partial charge < -0.3 is 0 Å². The van der Waals surface area contributed by atoms with Gasteiger partial charge in [0.25, 0.3) is 0 Å². The normalized spacial score (nSPS) is 11.6. The molecule has 0 aliphatic rings. The van der Waals surface area contributed by atoms with Gasteiger partial charge in [0.2, 0.25) is 5.91 Å². The van der Waals surface area contributed by atoms with E-state index in [0.717, 1.165) is 24.1 Å². The summed E-state index contributed by atoms with van der Waals surface area (Å²) in [6.45, 7) is 4.22. The Labute approximate surface area is 168 Å². The highest BCUT2D eigenvalue weighted by Gasteiger charge is 2.08. The Morgan fingerprint density at radius 3 is 2.15 bits per heavy atom. The van der Waals surface area contributed by atoms with Gasteiger partial charge in [0.15, 0.2) is 0 Å². The van der Waals surface area contributed by atoms with Crippen molar-refractivity contribution in [1.82, 2.24) is 5.43 Å². The lowest BCUT2D eigenvalue weighted by molar-refractivity contribution is -0.121. The lowest BCUT2D eigenvalue weighted by atomic mass is 10.1. The Morgan fingerprint density at radius 2 is 1.58 bits per heavy atom. The van der Waals surface area contributed by atoms with Crippen molar-refractivity contribution >= 4 is 34.8 Å². The van der Waals surface area contributed by atoms with E-state index in [9.17, 15) is 4.79 Å². The van der Waals surface area contributed by atoms with Crippen LogP contribution in [0.15, 0.2) is 23.3 Å². The van der Waals surface area contributed by atoms with Crippen molar-refractivity contribution in [1.29, 1.82) is 0 Å². The number of rotatable bonds is 13. The molecular weight excluding hydrogens is 367 g/mol. The van der Waals surface area contributed by atoms with Crippen LogP contribution in [0.4, 0.5) is 0 Å². The Bertz CT molecular complexity index is 573. The molecule has 0 unspecified atom stereocenters. The minimum Gasteiger partial charge on any atom is -0.273 e. The standard InChI is InChI=1S/C21H32Cl2N2O/c1-3-5-6-7-8-9-10-11-12-13-21(26)25-24-20(4-2)18-15-14-17(22)16-19(18)23/h14-16H,3-13H2,1-2H3,(H,25,26)/b24-20+. The fourth-order valence-electron chi connectivity index (χ4n) is 2.84. The van der Waals surface area contributed by atoms with Gasteiger partial charge >= 0.3 is 0 Å². The quantitative estimate of drug-likeness (QED) is 0.214. The maximum atomic E-state index is 12.0. The fourth-order valence-corrected chi connectivity index (χ4v) is 3.35. The monoisotopic (exact) mass is 398 g/mol. The van der Waals surface area contributed by atoms with Crippen LogP contribution in [0, 0.1) is 0 Å². The van der Waals surface area contributed by atoms with Gasteiger partial charge in [-0.3, -0.25) is 4.79 Å². The summed E-state index contributed by atoms with van der Waals surface area (Å²) in [4.78, 5) is 12.0. The third-order valence-corrected chi connectivity index (χ3v) is 4.95. The van der Waals surface area contributed by atoms with E-state index >= 15 is 0 Å². The SMILES string of the molecule is CCCCCCCCCCCC(=O)N/N=C(\CC)c1ccc(Cl)cc1Cl. The van der Waals surface area contributed by atoms with Crippen molar-refractivity contribution in [3.05, 3.63) is 33.8 Å². The lowest BCUT2D eigenvalue weighted by Crippen LogP contribution is -2.19. The highest BCUT2D eigenvalue weighted by molar-refractivity contribution is 6.37. The molecule has 0 heterocycles. The molecule has 5 heteroatoms. The molecule has 0 aliphatic carbocycles. The second-order valence-corrected chi connectivity index (χ2v) is 7.49. The molecule has 0 aromatic heterocycles. The number of halogens is 2. The molecule has 146 valence electrons. The van der Waals surface area contributed by atoms with Crippen molar-refractivity contribution in [2.45, 2.75) is 84.5 Å². The van der Waals surface area contributed by atoms with Gasteiger partial charge in [-0.15, -0.1) is 0 Å². The summed E-state index contributed by atoms with van der Waals surface area (Å²) in [5, 5.41) is 5.38. The van der Waals surface area contributed by atoms with E-state index in [1.54, 1.807) is 12.1 Å². The molecule has 1 N–H and O–H groups in total. The number of unbranched alkanes of at least 4 members (excludes halogenated alkanes) is 8. The van der Waals surface area contributed by atoms with Crippen LogP contribution in [0.25, 0.3) is 0 Å². The Kier molecular flexibility index (Phi) is 12.4. The lowest BCUT2D eigenvalue weighted by Gasteiger charge is -2.08. The maximum Gasteiger partial charge on any atom is 0.240 e. The number of benzene rings is 1. The first-order valence-corrected chi connectivity index (χ1v) is 10.6. The van der Waals surface area contributed by atoms with Gasteiger partial charge in [0.1, 0.15) is 0 Å². The molecule has 1 rings (SSSR count). The van der Waals surface area contributed by atoms with Crippen molar-refractivity contribution in [2.75, 3.05) is 0 Å². The van der Waals surface area contributed by atoms with Crippen molar-refractivity contribution in [3.63, 3.8) is 0 Å². The molecule has 1 aromatic carbocycles. The molecule has 0 spiro atoms. The number of nitrogens with one attached hydrogen (secondary N) is 1. The summed E-state index contributed by atoms with van der Waals surface area (Å²) in [5.41, 5.74) is 4.22. The van der Waals surface area contributed by atoms with E-state index in [1.165, 1.54) is 44.9 Å². The van der Waals surface area contributed by atoms with Gasteiger partial charge in [-0.05, 0) is 25.0 Å². The minimum atomic E-state index is -0.0380. The van der Waals surface area contributed by atoms with E-state index in [4.69, 9.17) is 23.2 Å². The van der Waals surface area contributed by atoms with Crippen LogP contribution >= 0.6 is 23.2 Å². The summed E-state index contributed by atoms with van der Waals surface area (Å²) < 4.78 is 0. The third-order valence-electron chi connectivity index (χ3n) is 4.40. The molecule has 0 aliphatic heterocycles. The van der Waals surface area contributed by atoms with Crippen LogP contribution in [0.2, 0.25) is 10.0 Å². The maximum absolute atomic E-state index is 12.0. The second-order valence-electron chi connectivity index (χ2n) is 6.65. The van der Waals surface area contributed by atoms with Crippen LogP contribution < -0.4 is 5.43 Å². The highest BCUT2D eigenvalue weighted by atomic mass is 35.5. The first kappa shape index (κ1) is 23.0. The number of hydrazone groups is 1. The predicted octanol–water partition coefficient (Wildman–Crippen LogP) is 7.14. The number of carbonyl (C=O) groups excluding carboxylic acids is 1. The van der Waals surface area contributed by atoms with Crippen LogP contribution in [0.5, 0.6) is 0 Å². The van der Waals surface area contributed by atoms with Gasteiger partial charge in [-0.1, -0.05) is 94.5 Å². The summed E-state index contributed by atoms with van der Waals surface area (Å²) >= 11 is 12.1. The summed E-state index contributed by atoms with van der Waals surface area (Å²) in [5.74, 6) is -0.0380. The molecule has 1 aromatic rings. The topological polar surface area (TPSA) is 41.5 Å². The second kappa shape index (κ2) is 14.1. The zero-order valence-corrected chi connectivity index (χ0v) is 17.6. The van der Waals surface area contributed by atoms with Crippen LogP contribution in [0.1, 0.15) is 90.0 Å². The zero-order valence-electron chi connectivity index (χ0n) is 16.1. The molecule has 3 nitrogen and oxygen atoms in total. The van der Waals surface area contributed by atoms with Crippen molar-refractivity contribution < 1.29 is 4.79 Å². The average Bonchev–Trinajstić information content (AvgIpc) is 2.62. The first-order chi connectivity index (χ1) is 12.6. The van der Waals surface area contributed by atoms with Crippen molar-refractivity contribution in [2.24, 2.45) is 5.10 Å². The first-order valence-electron chi connectivity index (χ1n) is 9.89. The van der Waals surface area contributed by atoms with Crippen LogP contribution in [0.3, 0.4) is 0 Å². The van der Waals surface area contributed by atoms with E-state index in [0.29, 0.717) is 22.9 Å². The van der Waals surface area contributed by atoms with Gasteiger partial charge in [0, 0.05) is 17.0 Å². The molecule has 0 fully saturated rings. The average molecular weight is 399 g/mol. The Morgan fingerprint density at radius 1 is 0.962 bits per heavy atom. The fraction of sp³-hybridized carbons (Fsp3) is 0.619. The third kappa shape index (κ3) is 9.59. The number of carbonyl (C=O) groups is 1. The van der Waals surface area contributed by atoms with Gasteiger partial charge in [-0.25, -0.2) is 5.43 Å². The van der Waals surface area contributed by atoms with E-state index in [1.807, 2.05) is 13.0 Å². The summed E-state index contributed by atoms with van der Waals surface area (Å²) in [6, 6.07) is 5.30. The Hall–Kier alpha value is -1.06. The van der Waals surface area contributed by atoms with Crippen LogP contribution in [-0.4, -0.2) is 11.6 Å². The van der Waals surface area contributed by atoms with Crippen molar-refractivity contribution in [3.8, 4) is 0 Å². The largest absolute Gasteiger partial charge is 0.273 e. The van der Waals surface area contributed by atoms with E-state index < -0.39 is 0 Å². The highest BCUT2D eigenvalue weighted by Crippen LogP contribution is 2.22. The molecule has 26 heavy (non-hydrogen) atoms. The summed E-state index contributed by atoms with van der Waals surface area (Å²) in [7, 11) is 0. The summed E-state index contributed by atoms with van der Waals surface area (Å²) in [6.07, 6.45) is 12.4. The minimum absolute atomic E-state index is 0.0380. The number of nitrogens with zero attached hydrogens (tertiary/aromatic N) is 1. The predicted molar refractivity (Wildman–Crippen MR) is 113 cm³/mol. The Balaban J connectivity index is 2.26. The van der Waals surface area contributed by atoms with Crippen LogP contribution in [-0.2, 0) is 4.79 Å². The van der Waals surface area contributed by atoms with E-state index in [2.05, 4.69) is 17.5 Å². The number of hydrogen-bond acceptors (Lipinski definition) is 2. The molecular formula is C21H32Cl2N2O. The molecule has 0 bridgehead atoms. The molecule has 0 saturated carbocycles. The molecule has 0 radical (unpaired) electrons. The van der Waals surface area contributed by atoms with Gasteiger partial charge in [0.05, 0.1) is 10.7 Å². The number of amides is 1. The van der Waals surface area contributed by atoms with E-state index in [-0.39, 0.29) is 5.91 Å². The molecule has 1 amide bonds.